The lowest BCUT2D eigenvalue weighted by atomic mass is 10.2. The highest BCUT2D eigenvalue weighted by molar-refractivity contribution is 5.89. The van der Waals surface area contributed by atoms with Crippen LogP contribution in [-0.4, -0.2) is 14.5 Å². The third-order valence-electron chi connectivity index (χ3n) is 3.44. The standard InChI is InChI=1S/C16H12N4/c17-12-6-7-14-13(9-12)19-10-20(14)15-5-1-3-11-4-2-8-18-16(11)15/h1-10H,17H2. The van der Waals surface area contributed by atoms with Gasteiger partial charge in [0.2, 0.25) is 0 Å². The number of imidazole rings is 1. The molecule has 2 aromatic carbocycles. The molecule has 0 radical (unpaired) electrons. The molecule has 2 N–H and O–H groups in total. The smallest absolute Gasteiger partial charge is 0.100 e. The van der Waals surface area contributed by atoms with Crippen molar-refractivity contribution in [3.8, 4) is 5.69 Å². The number of nitrogens with two attached hydrogens (primary N) is 1. The number of rotatable bonds is 1. The highest BCUT2D eigenvalue weighted by atomic mass is 15.1. The van der Waals surface area contributed by atoms with E-state index >= 15 is 0 Å². The van der Waals surface area contributed by atoms with E-state index in [1.807, 2.05) is 53.5 Å². The SMILES string of the molecule is Nc1ccc2c(c1)ncn2-c1cccc2cccnc12. The molecule has 0 saturated heterocycles. The molecule has 96 valence electrons. The Morgan fingerprint density at radius 1 is 0.950 bits per heavy atom. The Morgan fingerprint density at radius 3 is 2.80 bits per heavy atom. The van der Waals surface area contributed by atoms with Crippen LogP contribution in [0.4, 0.5) is 5.69 Å². The van der Waals surface area contributed by atoms with Crippen molar-refractivity contribution in [2.75, 3.05) is 5.73 Å². The number of aromatic nitrogens is 3. The zero-order valence-corrected chi connectivity index (χ0v) is 10.7. The number of fused-ring (bicyclic) bond motifs is 2. The molecule has 0 aliphatic heterocycles. The highest BCUT2D eigenvalue weighted by Gasteiger charge is 2.08. The van der Waals surface area contributed by atoms with Gasteiger partial charge in [0.25, 0.3) is 0 Å². The lowest BCUT2D eigenvalue weighted by Crippen LogP contribution is -1.95. The highest BCUT2D eigenvalue weighted by Crippen LogP contribution is 2.24. The molecular formula is C16H12N4. The zero-order chi connectivity index (χ0) is 13.5. The molecule has 0 aliphatic carbocycles. The maximum Gasteiger partial charge on any atom is 0.100 e. The second-order valence-corrected chi connectivity index (χ2v) is 4.71. The fourth-order valence-electron chi connectivity index (χ4n) is 2.50. The lowest BCUT2D eigenvalue weighted by molar-refractivity contribution is 1.10. The van der Waals surface area contributed by atoms with Gasteiger partial charge in [-0.25, -0.2) is 4.98 Å². The molecule has 0 bridgehead atoms. The first-order chi connectivity index (χ1) is 9.83. The molecule has 0 spiro atoms. The van der Waals surface area contributed by atoms with E-state index in [1.54, 1.807) is 0 Å². The van der Waals surface area contributed by atoms with Crippen molar-refractivity contribution < 1.29 is 0 Å². The summed E-state index contributed by atoms with van der Waals surface area (Å²) < 4.78 is 2.05. The van der Waals surface area contributed by atoms with Crippen molar-refractivity contribution in [1.82, 2.24) is 14.5 Å². The monoisotopic (exact) mass is 260 g/mol. The van der Waals surface area contributed by atoms with Crippen molar-refractivity contribution in [1.29, 1.82) is 0 Å². The molecule has 0 aliphatic rings. The van der Waals surface area contributed by atoms with E-state index in [0.29, 0.717) is 0 Å². The number of nitrogens with zero attached hydrogens (tertiary/aromatic N) is 3. The van der Waals surface area contributed by atoms with Crippen molar-refractivity contribution >= 4 is 27.6 Å². The summed E-state index contributed by atoms with van der Waals surface area (Å²) in [6, 6.07) is 15.9. The minimum Gasteiger partial charge on any atom is -0.399 e. The van der Waals surface area contributed by atoms with Crippen LogP contribution in [0, 0.1) is 0 Å². The normalized spacial score (nSPS) is 11.2. The number of pyridine rings is 1. The third kappa shape index (κ3) is 1.55. The molecule has 0 saturated carbocycles. The predicted octanol–water partition coefficient (Wildman–Crippen LogP) is 3.16. The molecule has 0 amide bonds. The van der Waals surface area contributed by atoms with E-state index in [4.69, 9.17) is 5.73 Å². The molecule has 4 heteroatoms. The second kappa shape index (κ2) is 4.06. The zero-order valence-electron chi connectivity index (χ0n) is 10.7. The Kier molecular flexibility index (Phi) is 2.23. The number of nitrogen functional groups attached to an aromatic ring is 1. The molecule has 0 fully saturated rings. The van der Waals surface area contributed by atoms with Gasteiger partial charge in [-0.2, -0.15) is 0 Å². The quantitative estimate of drug-likeness (QED) is 0.535. The summed E-state index contributed by atoms with van der Waals surface area (Å²) in [4.78, 5) is 8.91. The van der Waals surface area contributed by atoms with Crippen LogP contribution in [-0.2, 0) is 0 Å². The lowest BCUT2D eigenvalue weighted by Gasteiger charge is -2.07. The van der Waals surface area contributed by atoms with E-state index in [0.717, 1.165) is 33.3 Å². The van der Waals surface area contributed by atoms with Gasteiger partial charge in [-0.3, -0.25) is 9.55 Å². The summed E-state index contributed by atoms with van der Waals surface area (Å²) in [7, 11) is 0. The van der Waals surface area contributed by atoms with Crippen LogP contribution in [0.25, 0.3) is 27.6 Å². The van der Waals surface area contributed by atoms with E-state index in [1.165, 1.54) is 0 Å². The van der Waals surface area contributed by atoms with Gasteiger partial charge in [0, 0.05) is 17.3 Å². The summed E-state index contributed by atoms with van der Waals surface area (Å²) in [5, 5.41) is 1.11. The van der Waals surface area contributed by atoms with Crippen molar-refractivity contribution in [3.63, 3.8) is 0 Å². The van der Waals surface area contributed by atoms with Crippen LogP contribution in [0.2, 0.25) is 0 Å². The van der Waals surface area contributed by atoms with Crippen LogP contribution < -0.4 is 5.73 Å². The van der Waals surface area contributed by atoms with E-state index in [9.17, 15) is 0 Å². The molecule has 4 aromatic rings. The Labute approximate surface area is 115 Å². The van der Waals surface area contributed by atoms with Gasteiger partial charge < -0.3 is 5.73 Å². The van der Waals surface area contributed by atoms with Crippen LogP contribution in [0.3, 0.4) is 0 Å². The minimum absolute atomic E-state index is 0.721. The van der Waals surface area contributed by atoms with Crippen molar-refractivity contribution in [2.45, 2.75) is 0 Å². The molecule has 2 aromatic heterocycles. The van der Waals surface area contributed by atoms with E-state index in [-0.39, 0.29) is 0 Å². The number of para-hydroxylation sites is 1. The predicted molar refractivity (Wildman–Crippen MR) is 80.8 cm³/mol. The van der Waals surface area contributed by atoms with Gasteiger partial charge in [0.15, 0.2) is 0 Å². The number of hydrogen-bond donors (Lipinski definition) is 1. The van der Waals surface area contributed by atoms with Gasteiger partial charge in [-0.05, 0) is 30.3 Å². The first kappa shape index (κ1) is 11.0. The Morgan fingerprint density at radius 2 is 1.85 bits per heavy atom. The largest absolute Gasteiger partial charge is 0.399 e. The fourth-order valence-corrected chi connectivity index (χ4v) is 2.50. The molecule has 4 nitrogen and oxygen atoms in total. The Bertz CT molecular complexity index is 919. The van der Waals surface area contributed by atoms with Crippen LogP contribution >= 0.6 is 0 Å². The van der Waals surface area contributed by atoms with Crippen molar-refractivity contribution in [3.05, 3.63) is 61.1 Å². The number of benzene rings is 2. The van der Waals surface area contributed by atoms with E-state index < -0.39 is 0 Å². The summed E-state index contributed by atoms with van der Waals surface area (Å²) >= 11 is 0. The maximum absolute atomic E-state index is 5.80. The fraction of sp³-hybridized carbons (Fsp3) is 0. The molecule has 4 rings (SSSR count). The van der Waals surface area contributed by atoms with Gasteiger partial charge in [-0.15, -0.1) is 0 Å². The summed E-state index contributed by atoms with van der Waals surface area (Å²) in [6.07, 6.45) is 3.62. The third-order valence-corrected chi connectivity index (χ3v) is 3.44. The first-order valence-electron chi connectivity index (χ1n) is 6.40. The second-order valence-electron chi connectivity index (χ2n) is 4.71. The Hall–Kier alpha value is -2.88. The minimum atomic E-state index is 0.721. The van der Waals surface area contributed by atoms with Crippen LogP contribution in [0.1, 0.15) is 0 Å². The number of anilines is 1. The van der Waals surface area contributed by atoms with Gasteiger partial charge in [-0.1, -0.05) is 18.2 Å². The van der Waals surface area contributed by atoms with Gasteiger partial charge in [0.05, 0.1) is 22.2 Å². The molecular weight excluding hydrogens is 248 g/mol. The Balaban J connectivity index is 2.06. The molecule has 0 unspecified atom stereocenters. The van der Waals surface area contributed by atoms with Gasteiger partial charge in [0.1, 0.15) is 6.33 Å². The average Bonchev–Trinajstić information content (AvgIpc) is 2.89. The van der Waals surface area contributed by atoms with Crippen LogP contribution in [0.5, 0.6) is 0 Å². The van der Waals surface area contributed by atoms with Gasteiger partial charge >= 0.3 is 0 Å². The molecule has 0 atom stereocenters. The first-order valence-corrected chi connectivity index (χ1v) is 6.40. The average molecular weight is 260 g/mol. The molecule has 20 heavy (non-hydrogen) atoms. The topological polar surface area (TPSA) is 56.7 Å². The number of hydrogen-bond acceptors (Lipinski definition) is 3. The van der Waals surface area contributed by atoms with E-state index in [2.05, 4.69) is 22.1 Å². The summed E-state index contributed by atoms with van der Waals surface area (Å²) in [5.74, 6) is 0. The summed E-state index contributed by atoms with van der Waals surface area (Å²) in [6.45, 7) is 0. The molecule has 2 heterocycles. The maximum atomic E-state index is 5.80. The van der Waals surface area contributed by atoms with Crippen molar-refractivity contribution in [2.24, 2.45) is 0 Å². The van der Waals surface area contributed by atoms with Crippen LogP contribution in [0.15, 0.2) is 61.1 Å². The summed E-state index contributed by atoms with van der Waals surface area (Å²) in [5.41, 5.74) is 10.4.